The third kappa shape index (κ3) is 2.36. The van der Waals surface area contributed by atoms with E-state index in [0.717, 1.165) is 0 Å². The lowest BCUT2D eigenvalue weighted by atomic mass is 9.73. The molecule has 0 bridgehead atoms. The lowest BCUT2D eigenvalue weighted by molar-refractivity contribution is 0.591. The van der Waals surface area contributed by atoms with Gasteiger partial charge in [-0.1, -0.05) is 0 Å². The average Bonchev–Trinajstić information content (AvgIpc) is 3.20. The third-order valence-corrected chi connectivity index (χ3v) is 4.68. The molecule has 2 aromatic rings. The molecule has 0 unspecified atom stereocenters. The summed E-state index contributed by atoms with van der Waals surface area (Å²) in [6.07, 6.45) is 14.1. The van der Waals surface area contributed by atoms with Crippen LogP contribution in [0.15, 0.2) is 66.0 Å². The molecule has 3 rings (SSSR count). The van der Waals surface area contributed by atoms with Crippen LogP contribution in [0.4, 0.5) is 0 Å². The molecule has 1 aliphatic carbocycles. The number of H-pyrrole nitrogens is 2. The molecule has 0 atom stereocenters. The maximum Gasteiger partial charge on any atom is 0.127 e. The highest BCUT2D eigenvalue weighted by molar-refractivity contribution is 5.48. The first-order chi connectivity index (χ1) is 10.4. The molecular weight excluding hydrogens is 268 g/mol. The van der Waals surface area contributed by atoms with E-state index in [1.165, 1.54) is 22.5 Å². The molecule has 0 aromatic carbocycles. The van der Waals surface area contributed by atoms with Crippen molar-refractivity contribution in [3.63, 3.8) is 0 Å². The van der Waals surface area contributed by atoms with E-state index in [9.17, 15) is 0 Å². The first kappa shape index (κ1) is 14.6. The molecule has 0 saturated heterocycles. The monoisotopic (exact) mass is 291 g/mol. The number of rotatable bonds is 4. The van der Waals surface area contributed by atoms with Gasteiger partial charge in [-0.15, -0.1) is 0 Å². The van der Waals surface area contributed by atoms with Crippen LogP contribution in [-0.4, -0.2) is 9.97 Å². The van der Waals surface area contributed by atoms with Crippen LogP contribution in [0.1, 0.15) is 39.1 Å². The Labute approximate surface area is 132 Å². The van der Waals surface area contributed by atoms with Crippen LogP contribution in [-0.2, 0) is 10.8 Å². The van der Waals surface area contributed by atoms with Gasteiger partial charge in [-0.25, -0.2) is 0 Å². The summed E-state index contributed by atoms with van der Waals surface area (Å²) in [5.74, 6) is 0. The number of allylic oxidation sites excluding steroid dienone is 6. The molecule has 2 heterocycles. The molecule has 22 heavy (non-hydrogen) atoms. The summed E-state index contributed by atoms with van der Waals surface area (Å²) < 4.78 is 0. The average molecular weight is 291 g/mol. The summed E-state index contributed by atoms with van der Waals surface area (Å²) in [5.41, 5.74) is 4.63. The summed E-state index contributed by atoms with van der Waals surface area (Å²) in [4.78, 5) is 6.67. The van der Waals surface area contributed by atoms with E-state index in [1.807, 2.05) is 24.5 Å². The van der Waals surface area contributed by atoms with E-state index in [-0.39, 0.29) is 10.8 Å². The molecular formula is C20H23N2+. The van der Waals surface area contributed by atoms with Crippen molar-refractivity contribution in [3.8, 4) is 0 Å². The largest absolute Gasteiger partial charge is 0.364 e. The Hall–Kier alpha value is -2.31. The molecule has 0 saturated carbocycles. The van der Waals surface area contributed by atoms with Crippen molar-refractivity contribution in [2.75, 3.05) is 0 Å². The first-order valence-corrected chi connectivity index (χ1v) is 7.73. The maximum atomic E-state index is 3.66. The molecule has 112 valence electrons. The van der Waals surface area contributed by atoms with Gasteiger partial charge >= 0.3 is 0 Å². The summed E-state index contributed by atoms with van der Waals surface area (Å²) in [5, 5.41) is 0. The summed E-state index contributed by atoms with van der Waals surface area (Å²) in [6, 6.07) is 8.36. The van der Waals surface area contributed by atoms with Gasteiger partial charge in [0.2, 0.25) is 0 Å². The zero-order valence-electron chi connectivity index (χ0n) is 13.7. The van der Waals surface area contributed by atoms with Crippen LogP contribution in [0, 0.1) is 6.08 Å². The van der Waals surface area contributed by atoms with Crippen molar-refractivity contribution in [1.82, 2.24) is 9.97 Å². The zero-order chi connectivity index (χ0) is 15.8. The van der Waals surface area contributed by atoms with Crippen LogP contribution >= 0.6 is 0 Å². The normalized spacial score (nSPS) is 15.3. The van der Waals surface area contributed by atoms with Crippen LogP contribution in [0.3, 0.4) is 0 Å². The molecule has 0 aliphatic heterocycles. The Balaban J connectivity index is 1.98. The molecule has 0 amide bonds. The number of aromatic nitrogens is 2. The lowest BCUT2D eigenvalue weighted by Crippen LogP contribution is -2.25. The van der Waals surface area contributed by atoms with Gasteiger partial charge in [-0.05, 0) is 52.0 Å². The van der Waals surface area contributed by atoms with Gasteiger partial charge in [0.25, 0.3) is 0 Å². The minimum Gasteiger partial charge on any atom is -0.364 e. The lowest BCUT2D eigenvalue weighted by Gasteiger charge is -2.25. The van der Waals surface area contributed by atoms with E-state index in [2.05, 4.69) is 74.1 Å². The van der Waals surface area contributed by atoms with Gasteiger partial charge in [0.15, 0.2) is 0 Å². The second-order valence-electron chi connectivity index (χ2n) is 6.90. The van der Waals surface area contributed by atoms with Crippen LogP contribution in [0.5, 0.6) is 0 Å². The van der Waals surface area contributed by atoms with Crippen LogP contribution < -0.4 is 0 Å². The standard InChI is InChI=1S/C20H23N2/c1-19(2,17-10-6-12-21-17)15-8-5-9-16(14-15)20(3,4)18-11-7-13-22-18/h5-13,21-22H,1-4H3/q+1. The minimum atomic E-state index is -0.0919. The molecule has 2 heteroatoms. The minimum absolute atomic E-state index is 0.0919. The third-order valence-electron chi connectivity index (χ3n) is 4.68. The van der Waals surface area contributed by atoms with Crippen molar-refractivity contribution in [1.29, 1.82) is 0 Å². The zero-order valence-corrected chi connectivity index (χ0v) is 13.7. The van der Waals surface area contributed by atoms with Gasteiger partial charge < -0.3 is 9.97 Å². The van der Waals surface area contributed by atoms with E-state index in [1.54, 1.807) is 0 Å². The number of nitrogens with one attached hydrogen (secondary N) is 2. The van der Waals surface area contributed by atoms with E-state index in [0.29, 0.717) is 0 Å². The first-order valence-electron chi connectivity index (χ1n) is 7.73. The van der Waals surface area contributed by atoms with Crippen LogP contribution in [0.25, 0.3) is 0 Å². The second kappa shape index (κ2) is 5.15. The van der Waals surface area contributed by atoms with E-state index < -0.39 is 0 Å². The van der Waals surface area contributed by atoms with Gasteiger partial charge in [0.05, 0.1) is 23.0 Å². The Kier molecular flexibility index (Phi) is 3.42. The van der Waals surface area contributed by atoms with Crippen molar-refractivity contribution in [2.24, 2.45) is 0 Å². The molecule has 2 N–H and O–H groups in total. The number of aromatic amines is 2. The second-order valence-corrected chi connectivity index (χ2v) is 6.90. The summed E-state index contributed by atoms with van der Waals surface area (Å²) >= 11 is 0. The van der Waals surface area contributed by atoms with Gasteiger partial charge in [-0.3, -0.25) is 0 Å². The highest BCUT2D eigenvalue weighted by Crippen LogP contribution is 2.38. The Morgan fingerprint density at radius 1 is 0.864 bits per heavy atom. The fourth-order valence-corrected chi connectivity index (χ4v) is 2.93. The molecule has 0 radical (unpaired) electrons. The predicted molar refractivity (Wildman–Crippen MR) is 91.6 cm³/mol. The maximum absolute atomic E-state index is 3.66. The number of hydrogen-bond donors (Lipinski definition) is 2. The Bertz CT molecular complexity index is 674. The van der Waals surface area contributed by atoms with Crippen molar-refractivity contribution in [2.45, 2.75) is 38.5 Å². The Morgan fingerprint density at radius 3 is 2.00 bits per heavy atom. The van der Waals surface area contributed by atoms with Crippen molar-refractivity contribution < 1.29 is 0 Å². The molecule has 2 aromatic heterocycles. The van der Waals surface area contributed by atoms with Gasteiger partial charge in [0.1, 0.15) is 11.1 Å². The molecule has 1 aliphatic rings. The Morgan fingerprint density at radius 2 is 1.45 bits per heavy atom. The molecule has 0 fully saturated rings. The SMILES string of the molecule is CC(C)(C1=[C+]C(C(C)(C)c2ccc[nH]2)=CC=C1)c1ccc[nH]1. The fraction of sp³-hybridized carbons (Fsp3) is 0.300. The van der Waals surface area contributed by atoms with Crippen molar-refractivity contribution >= 4 is 0 Å². The van der Waals surface area contributed by atoms with Gasteiger partial charge in [0, 0.05) is 35.9 Å². The van der Waals surface area contributed by atoms with Crippen LogP contribution in [0.2, 0.25) is 0 Å². The quantitative estimate of drug-likeness (QED) is 0.757. The molecule has 2 nitrogen and oxygen atoms in total. The summed E-state index contributed by atoms with van der Waals surface area (Å²) in [6.45, 7) is 8.93. The highest BCUT2D eigenvalue weighted by Gasteiger charge is 2.37. The molecule has 0 spiro atoms. The summed E-state index contributed by atoms with van der Waals surface area (Å²) in [7, 11) is 0. The fourth-order valence-electron chi connectivity index (χ4n) is 2.93. The highest BCUT2D eigenvalue weighted by atomic mass is 14.7. The van der Waals surface area contributed by atoms with E-state index >= 15 is 0 Å². The van der Waals surface area contributed by atoms with Crippen molar-refractivity contribution in [3.05, 3.63) is 83.5 Å². The smallest absolute Gasteiger partial charge is 0.127 e. The predicted octanol–water partition coefficient (Wildman–Crippen LogP) is 4.82. The van der Waals surface area contributed by atoms with Gasteiger partial charge in [-0.2, -0.15) is 0 Å². The topological polar surface area (TPSA) is 31.6 Å². The van der Waals surface area contributed by atoms with E-state index in [4.69, 9.17) is 0 Å². The number of hydrogen-bond acceptors (Lipinski definition) is 0.